The molecule has 30 heavy (non-hydrogen) atoms. The Balaban J connectivity index is 1.42. The van der Waals surface area contributed by atoms with Gasteiger partial charge in [-0.2, -0.15) is 0 Å². The monoisotopic (exact) mass is 394 g/mol. The van der Waals surface area contributed by atoms with E-state index in [2.05, 4.69) is 75.4 Å². The highest BCUT2D eigenvalue weighted by atomic mass is 15.4. The highest BCUT2D eigenvalue weighted by Crippen LogP contribution is 2.64. The summed E-state index contributed by atoms with van der Waals surface area (Å²) in [7, 11) is 0. The zero-order valence-corrected chi connectivity index (χ0v) is 18.6. The van der Waals surface area contributed by atoms with Crippen LogP contribution in [-0.2, 0) is 6.54 Å². The maximum absolute atomic E-state index is 2.60. The average Bonchev–Trinajstić information content (AvgIpc) is 2.63. The van der Waals surface area contributed by atoms with Crippen molar-refractivity contribution < 1.29 is 4.48 Å². The lowest BCUT2D eigenvalue weighted by molar-refractivity contribution is -0.978. The van der Waals surface area contributed by atoms with Crippen LogP contribution in [0.3, 0.4) is 0 Å². The molecule has 0 atom stereocenters. The van der Waals surface area contributed by atoms with E-state index in [1.54, 1.807) is 5.56 Å². The predicted octanol–water partition coefficient (Wildman–Crippen LogP) is 7.13. The van der Waals surface area contributed by atoms with Gasteiger partial charge in [-0.3, -0.25) is 0 Å². The van der Waals surface area contributed by atoms with Crippen LogP contribution >= 0.6 is 0 Å². The Kier molecular flexibility index (Phi) is 3.04. The molecule has 1 saturated carbocycles. The van der Waals surface area contributed by atoms with Crippen molar-refractivity contribution in [2.75, 3.05) is 19.6 Å². The number of nitrogens with zero attached hydrogens (tertiary/aromatic N) is 1. The second kappa shape index (κ2) is 5.19. The molecule has 8 rings (SSSR count). The van der Waals surface area contributed by atoms with Crippen LogP contribution in [-0.4, -0.2) is 24.1 Å². The summed E-state index contributed by atoms with van der Waals surface area (Å²) in [6.07, 6.45) is 4.32. The molecule has 0 amide bonds. The van der Waals surface area contributed by atoms with Crippen molar-refractivity contribution in [2.24, 2.45) is 16.2 Å². The largest absolute Gasteiger partial charge is 0.318 e. The molecule has 0 spiro atoms. The lowest BCUT2D eigenvalue weighted by atomic mass is 9.48. The summed E-state index contributed by atoms with van der Waals surface area (Å²) >= 11 is 0. The van der Waals surface area contributed by atoms with Gasteiger partial charge in [-0.15, -0.1) is 0 Å². The number of rotatable bonds is 2. The number of hydrogen-bond donors (Lipinski definition) is 0. The van der Waals surface area contributed by atoms with Gasteiger partial charge in [0.05, 0.1) is 19.6 Å². The van der Waals surface area contributed by atoms with E-state index < -0.39 is 0 Å². The summed E-state index contributed by atoms with van der Waals surface area (Å²) in [6.45, 7) is 13.1. The van der Waals surface area contributed by atoms with Crippen LogP contribution in [0.5, 0.6) is 0 Å². The maximum atomic E-state index is 2.60. The van der Waals surface area contributed by atoms with Crippen molar-refractivity contribution >= 4 is 32.3 Å². The highest BCUT2D eigenvalue weighted by Gasteiger charge is 2.65. The van der Waals surface area contributed by atoms with Gasteiger partial charge in [-0.25, -0.2) is 0 Å². The Hall–Kier alpha value is -2.12. The molecular formula is C29H32N+. The van der Waals surface area contributed by atoms with Crippen LogP contribution < -0.4 is 0 Å². The lowest BCUT2D eigenvalue weighted by Gasteiger charge is -2.68. The molecule has 1 heteroatoms. The van der Waals surface area contributed by atoms with Gasteiger partial charge in [-0.05, 0) is 51.6 Å². The van der Waals surface area contributed by atoms with Gasteiger partial charge in [0.1, 0.15) is 6.54 Å². The van der Waals surface area contributed by atoms with E-state index in [1.165, 1.54) is 82.2 Å². The smallest absolute Gasteiger partial charge is 0.105 e. The number of quaternary nitrogens is 1. The first-order chi connectivity index (χ1) is 14.3. The minimum atomic E-state index is 0.530. The number of hydrogen-bond acceptors (Lipinski definition) is 0. The zero-order chi connectivity index (χ0) is 20.4. The summed E-state index contributed by atoms with van der Waals surface area (Å²) in [4.78, 5) is 0. The fourth-order valence-electron chi connectivity index (χ4n) is 9.67. The van der Waals surface area contributed by atoms with E-state index in [0.717, 1.165) is 0 Å². The third-order valence-electron chi connectivity index (χ3n) is 8.84. The van der Waals surface area contributed by atoms with Gasteiger partial charge in [0, 0.05) is 21.8 Å². The van der Waals surface area contributed by atoms with Gasteiger partial charge in [0.15, 0.2) is 0 Å². The summed E-state index contributed by atoms with van der Waals surface area (Å²) in [5.74, 6) is 0. The first-order valence-corrected chi connectivity index (χ1v) is 11.8. The Bertz CT molecular complexity index is 1260. The Morgan fingerprint density at radius 2 is 1.13 bits per heavy atom. The predicted molar refractivity (Wildman–Crippen MR) is 127 cm³/mol. The van der Waals surface area contributed by atoms with Crippen molar-refractivity contribution in [3.8, 4) is 0 Å². The molecule has 3 saturated heterocycles. The molecule has 4 aliphatic rings. The fraction of sp³-hybridized carbons (Fsp3) is 0.448. The molecule has 0 radical (unpaired) electrons. The Labute approximate surface area is 179 Å². The first kappa shape index (κ1) is 17.5. The highest BCUT2D eigenvalue weighted by molar-refractivity contribution is 6.23. The summed E-state index contributed by atoms with van der Waals surface area (Å²) in [6, 6.07) is 20.9. The SMILES string of the molecule is CC12CC3(C)CC(C)(C1)C[N+](Cc1ccc4ccc5cccc6ccc1c4c56)(C2)C3. The molecule has 4 aromatic rings. The standard InChI is InChI=1S/C29H32N/c1-27-14-28(2)16-29(3,15-27)19-30(17-27,18-28)13-23-10-9-22-8-7-20-5-4-6-21-11-12-24(23)26(22)25(20)21/h4-12H,13-19H2,1-3H3/q+1. The molecule has 0 aromatic heterocycles. The van der Waals surface area contributed by atoms with E-state index in [9.17, 15) is 0 Å². The Morgan fingerprint density at radius 1 is 0.633 bits per heavy atom. The van der Waals surface area contributed by atoms with Crippen molar-refractivity contribution in [1.82, 2.24) is 0 Å². The molecule has 0 unspecified atom stereocenters. The third-order valence-corrected chi connectivity index (χ3v) is 8.84. The molecule has 0 N–H and O–H groups in total. The molecule has 152 valence electrons. The topological polar surface area (TPSA) is 0 Å². The minimum Gasteiger partial charge on any atom is -0.318 e. The van der Waals surface area contributed by atoms with Gasteiger partial charge < -0.3 is 4.48 Å². The minimum absolute atomic E-state index is 0.530. The normalized spacial score (nSPS) is 37.7. The maximum Gasteiger partial charge on any atom is 0.105 e. The third kappa shape index (κ3) is 2.28. The molecule has 1 aliphatic carbocycles. The summed E-state index contributed by atoms with van der Waals surface area (Å²) in [5, 5.41) is 8.58. The Morgan fingerprint density at radius 3 is 1.73 bits per heavy atom. The summed E-state index contributed by atoms with van der Waals surface area (Å²) < 4.78 is 1.31. The first-order valence-electron chi connectivity index (χ1n) is 11.8. The fourth-order valence-corrected chi connectivity index (χ4v) is 9.67. The van der Waals surface area contributed by atoms with Gasteiger partial charge in [0.2, 0.25) is 0 Å². The number of benzene rings is 4. The van der Waals surface area contributed by atoms with Gasteiger partial charge >= 0.3 is 0 Å². The van der Waals surface area contributed by atoms with Crippen LogP contribution in [0.15, 0.2) is 54.6 Å². The van der Waals surface area contributed by atoms with E-state index in [-0.39, 0.29) is 0 Å². The van der Waals surface area contributed by atoms with E-state index in [1.807, 2.05) is 0 Å². The van der Waals surface area contributed by atoms with Gasteiger partial charge in [-0.1, -0.05) is 75.4 Å². The second-order valence-corrected chi connectivity index (χ2v) is 12.5. The zero-order valence-electron chi connectivity index (χ0n) is 18.6. The number of piperidine rings is 3. The molecule has 3 aliphatic heterocycles. The van der Waals surface area contributed by atoms with Crippen molar-refractivity contribution in [2.45, 2.75) is 46.6 Å². The quantitative estimate of drug-likeness (QED) is 0.250. The lowest BCUT2D eigenvalue weighted by Crippen LogP contribution is -2.73. The molecule has 4 aromatic carbocycles. The second-order valence-electron chi connectivity index (χ2n) is 12.5. The van der Waals surface area contributed by atoms with E-state index in [0.29, 0.717) is 16.2 Å². The van der Waals surface area contributed by atoms with Crippen LogP contribution in [0.25, 0.3) is 32.3 Å². The van der Waals surface area contributed by atoms with Crippen molar-refractivity contribution in [3.05, 3.63) is 60.2 Å². The molecule has 4 bridgehead atoms. The van der Waals surface area contributed by atoms with Crippen LogP contribution in [0.1, 0.15) is 45.6 Å². The molecule has 1 nitrogen and oxygen atoms in total. The van der Waals surface area contributed by atoms with Crippen molar-refractivity contribution in [3.63, 3.8) is 0 Å². The van der Waals surface area contributed by atoms with E-state index >= 15 is 0 Å². The van der Waals surface area contributed by atoms with Crippen LogP contribution in [0.4, 0.5) is 0 Å². The van der Waals surface area contributed by atoms with E-state index in [4.69, 9.17) is 0 Å². The summed E-state index contributed by atoms with van der Waals surface area (Å²) in [5.41, 5.74) is 3.16. The van der Waals surface area contributed by atoms with Gasteiger partial charge in [0.25, 0.3) is 0 Å². The molecular weight excluding hydrogens is 362 g/mol. The van der Waals surface area contributed by atoms with Crippen LogP contribution in [0, 0.1) is 16.2 Å². The molecule has 3 heterocycles. The molecule has 4 fully saturated rings. The average molecular weight is 395 g/mol. The van der Waals surface area contributed by atoms with Crippen molar-refractivity contribution in [1.29, 1.82) is 0 Å². The van der Waals surface area contributed by atoms with Crippen LogP contribution in [0.2, 0.25) is 0 Å².